The van der Waals surface area contributed by atoms with Crippen LogP contribution in [0.3, 0.4) is 0 Å². The van der Waals surface area contributed by atoms with E-state index in [1.807, 2.05) is 12.1 Å². The maximum Gasteiger partial charge on any atom is 0.125 e. The number of benzene rings is 2. The molecule has 6 rings (SSSR count). The number of aliphatic imine (C=N–C) groups is 1. The third-order valence-corrected chi connectivity index (χ3v) is 9.11. The molecule has 0 saturated carbocycles. The van der Waals surface area contributed by atoms with Crippen LogP contribution < -0.4 is 0 Å². The molecule has 3 aliphatic heterocycles. The number of phenolic OH excluding ortho intramolecular Hbond substituents is 1. The first-order chi connectivity index (χ1) is 17.5. The molecule has 3 unspecified atom stereocenters. The molecule has 0 bridgehead atoms. The number of nitrogens with zero attached hydrogens (tertiary/aromatic N) is 2. The smallest absolute Gasteiger partial charge is 0.125 e. The molecule has 0 amide bonds. The Morgan fingerprint density at radius 3 is 2.67 bits per heavy atom. The number of aromatic hydroxyl groups is 1. The molecule has 36 heavy (non-hydrogen) atoms. The molecule has 188 valence electrons. The number of phenols is 1. The van der Waals surface area contributed by atoms with Gasteiger partial charge in [-0.3, -0.25) is 0 Å². The number of piperidine rings is 1. The van der Waals surface area contributed by atoms with Gasteiger partial charge in [0, 0.05) is 31.1 Å². The van der Waals surface area contributed by atoms with E-state index in [1.165, 1.54) is 16.7 Å². The third kappa shape index (κ3) is 4.28. The number of hydrogen-bond donors (Lipinski definition) is 1. The maximum absolute atomic E-state index is 11.2. The van der Waals surface area contributed by atoms with Gasteiger partial charge < -0.3 is 19.5 Å². The van der Waals surface area contributed by atoms with Crippen molar-refractivity contribution in [1.82, 2.24) is 4.90 Å². The summed E-state index contributed by atoms with van der Waals surface area (Å²) in [4.78, 5) is 18.7. The van der Waals surface area contributed by atoms with Crippen LogP contribution in [0.2, 0.25) is 0 Å². The highest BCUT2D eigenvalue weighted by atomic mass is 16.5. The lowest BCUT2D eigenvalue weighted by Crippen LogP contribution is -2.44. The van der Waals surface area contributed by atoms with Crippen LogP contribution in [0.5, 0.6) is 5.75 Å². The summed E-state index contributed by atoms with van der Waals surface area (Å²) in [5, 5.41) is 10.1. The first-order valence-electron chi connectivity index (χ1n) is 13.5. The van der Waals surface area contributed by atoms with Gasteiger partial charge in [0.2, 0.25) is 0 Å². The average molecular weight is 485 g/mol. The average Bonchev–Trinajstić information content (AvgIpc) is 3.31. The Labute approximate surface area is 213 Å². The largest absolute Gasteiger partial charge is 0.508 e. The van der Waals surface area contributed by atoms with Crippen molar-refractivity contribution in [2.75, 3.05) is 19.7 Å². The van der Waals surface area contributed by atoms with Crippen molar-refractivity contribution in [2.24, 2.45) is 22.7 Å². The van der Waals surface area contributed by atoms with E-state index in [1.54, 1.807) is 0 Å². The Morgan fingerprint density at radius 2 is 1.94 bits per heavy atom. The zero-order chi connectivity index (χ0) is 24.7. The molecule has 0 aromatic heterocycles. The van der Waals surface area contributed by atoms with E-state index < -0.39 is 0 Å². The minimum absolute atomic E-state index is 0.0575. The van der Waals surface area contributed by atoms with E-state index in [0.717, 1.165) is 57.3 Å². The maximum atomic E-state index is 11.2. The first kappa shape index (κ1) is 23.5. The summed E-state index contributed by atoms with van der Waals surface area (Å²) in [6.45, 7) is 4.74. The number of fused-ring (bicyclic) bond motifs is 1. The van der Waals surface area contributed by atoms with Crippen molar-refractivity contribution in [3.63, 3.8) is 0 Å². The second-order valence-corrected chi connectivity index (χ2v) is 11.3. The second kappa shape index (κ2) is 9.51. The molecule has 5 nitrogen and oxygen atoms in total. The molecule has 3 heterocycles. The number of aldehydes is 1. The number of allylic oxidation sites excluding steroid dienone is 1. The van der Waals surface area contributed by atoms with Gasteiger partial charge in [-0.1, -0.05) is 43.3 Å². The molecule has 1 spiro atoms. The van der Waals surface area contributed by atoms with E-state index in [2.05, 4.69) is 60.5 Å². The van der Waals surface area contributed by atoms with Gasteiger partial charge in [-0.25, -0.2) is 4.99 Å². The van der Waals surface area contributed by atoms with Crippen LogP contribution >= 0.6 is 0 Å². The number of aryl methyl sites for hydroxylation is 1. The molecule has 1 N–H and O–H groups in total. The van der Waals surface area contributed by atoms with Crippen molar-refractivity contribution >= 4 is 12.5 Å². The van der Waals surface area contributed by atoms with Crippen LogP contribution in [0.1, 0.15) is 61.1 Å². The molecule has 5 heteroatoms. The number of carbonyl (C=O) groups is 1. The summed E-state index contributed by atoms with van der Waals surface area (Å²) >= 11 is 0. The molecule has 2 aromatic carbocycles. The van der Waals surface area contributed by atoms with Gasteiger partial charge >= 0.3 is 0 Å². The minimum atomic E-state index is -0.116. The zero-order valence-corrected chi connectivity index (χ0v) is 21.1. The lowest BCUT2D eigenvalue weighted by atomic mass is 9.64. The SMILES string of the molecule is CC1C=C(N2CCC3(CC2)CC(C=O)CO3)N=CC1[C@@H]1c2ccc(O)cc2CC[C@@H]1c1ccccc1. The van der Waals surface area contributed by atoms with Crippen LogP contribution in [0.4, 0.5) is 0 Å². The van der Waals surface area contributed by atoms with Gasteiger partial charge in [0.25, 0.3) is 0 Å². The number of likely N-dealkylation sites (tertiary alicyclic amines) is 1. The molecule has 2 fully saturated rings. The van der Waals surface area contributed by atoms with Crippen LogP contribution in [-0.2, 0) is 16.0 Å². The van der Waals surface area contributed by atoms with Gasteiger partial charge in [0.15, 0.2) is 0 Å². The molecule has 1 aliphatic carbocycles. The number of carbonyl (C=O) groups excluding carboxylic acids is 1. The lowest BCUT2D eigenvalue weighted by molar-refractivity contribution is -0.111. The van der Waals surface area contributed by atoms with Crippen LogP contribution in [-0.4, -0.2) is 47.8 Å². The first-order valence-corrected chi connectivity index (χ1v) is 13.5. The fourth-order valence-corrected chi connectivity index (χ4v) is 7.14. The Morgan fingerprint density at radius 1 is 1.14 bits per heavy atom. The van der Waals surface area contributed by atoms with Crippen molar-refractivity contribution in [2.45, 2.75) is 56.5 Å². The van der Waals surface area contributed by atoms with Crippen molar-refractivity contribution in [3.05, 3.63) is 77.1 Å². The van der Waals surface area contributed by atoms with Gasteiger partial charge in [-0.05, 0) is 84.8 Å². The lowest BCUT2D eigenvalue weighted by Gasteiger charge is -2.43. The highest BCUT2D eigenvalue weighted by Gasteiger charge is 2.44. The highest BCUT2D eigenvalue weighted by Crippen LogP contribution is 2.50. The topological polar surface area (TPSA) is 62.1 Å². The van der Waals surface area contributed by atoms with Crippen LogP contribution in [0.15, 0.2) is 65.4 Å². The number of hydrogen-bond acceptors (Lipinski definition) is 5. The molecule has 2 aromatic rings. The number of ether oxygens (including phenoxy) is 1. The summed E-state index contributed by atoms with van der Waals surface area (Å²) < 4.78 is 6.10. The molecular weight excluding hydrogens is 448 g/mol. The Bertz CT molecular complexity index is 1170. The molecular formula is C31H36N2O3. The molecule has 0 radical (unpaired) electrons. The quantitative estimate of drug-likeness (QED) is 0.586. The van der Waals surface area contributed by atoms with E-state index >= 15 is 0 Å². The van der Waals surface area contributed by atoms with Gasteiger partial charge in [0.05, 0.1) is 12.2 Å². The van der Waals surface area contributed by atoms with E-state index in [4.69, 9.17) is 9.73 Å². The van der Waals surface area contributed by atoms with E-state index in [9.17, 15) is 9.90 Å². The van der Waals surface area contributed by atoms with Crippen LogP contribution in [0.25, 0.3) is 0 Å². The standard InChI is InChI=1S/C31H36N2O3/c1-21-15-29(33-13-11-31(12-14-33)17-22(19-34)20-36-31)32-18-28(21)30-26(23-5-3-2-4-6-23)9-7-24-16-25(35)8-10-27(24)30/h2-6,8,10,15-16,18-19,21-22,26,28,30,35H,7,9,11-14,17,20H2,1H3/t21?,22?,26-,28?,30+/m1/s1. The number of rotatable bonds is 4. The predicted octanol–water partition coefficient (Wildman–Crippen LogP) is 5.45. The Kier molecular flexibility index (Phi) is 6.20. The van der Waals surface area contributed by atoms with Gasteiger partial charge in [0.1, 0.15) is 17.9 Å². The minimum Gasteiger partial charge on any atom is -0.508 e. The van der Waals surface area contributed by atoms with Gasteiger partial charge in [-0.2, -0.15) is 0 Å². The second-order valence-electron chi connectivity index (χ2n) is 11.3. The fourth-order valence-electron chi connectivity index (χ4n) is 7.14. The summed E-state index contributed by atoms with van der Waals surface area (Å²) in [7, 11) is 0. The van der Waals surface area contributed by atoms with Crippen molar-refractivity contribution in [1.29, 1.82) is 0 Å². The highest BCUT2D eigenvalue weighted by molar-refractivity contribution is 5.67. The summed E-state index contributed by atoms with van der Waals surface area (Å²) in [6, 6.07) is 16.8. The van der Waals surface area contributed by atoms with E-state index in [0.29, 0.717) is 36.0 Å². The Balaban J connectivity index is 1.23. The molecule has 4 aliphatic rings. The summed E-state index contributed by atoms with van der Waals surface area (Å²) in [6.07, 6.45) is 10.5. The van der Waals surface area contributed by atoms with Crippen LogP contribution in [0, 0.1) is 17.8 Å². The van der Waals surface area contributed by atoms with E-state index in [-0.39, 0.29) is 11.5 Å². The Hall–Kier alpha value is -2.92. The molecule has 5 atom stereocenters. The normalized spacial score (nSPS) is 31.2. The third-order valence-electron chi connectivity index (χ3n) is 9.11. The summed E-state index contributed by atoms with van der Waals surface area (Å²) in [5.41, 5.74) is 3.91. The predicted molar refractivity (Wildman–Crippen MR) is 141 cm³/mol. The van der Waals surface area contributed by atoms with Gasteiger partial charge in [-0.15, -0.1) is 0 Å². The monoisotopic (exact) mass is 484 g/mol. The fraction of sp³-hybridized carbons (Fsp3) is 0.484. The zero-order valence-electron chi connectivity index (χ0n) is 21.1. The summed E-state index contributed by atoms with van der Waals surface area (Å²) in [5.74, 6) is 2.89. The van der Waals surface area contributed by atoms with Crippen molar-refractivity contribution < 1.29 is 14.6 Å². The van der Waals surface area contributed by atoms with Crippen molar-refractivity contribution in [3.8, 4) is 5.75 Å². The molecule has 2 saturated heterocycles.